The molecule has 74 valence electrons. The molecule has 0 aliphatic heterocycles. The van der Waals surface area contributed by atoms with Crippen molar-refractivity contribution < 1.29 is 4.74 Å². The summed E-state index contributed by atoms with van der Waals surface area (Å²) in [5.41, 5.74) is 7.15. The Morgan fingerprint density at radius 1 is 1.64 bits per heavy atom. The zero-order chi connectivity index (χ0) is 9.97. The van der Waals surface area contributed by atoms with Crippen LogP contribution < -0.4 is 5.73 Å². The quantitative estimate of drug-likeness (QED) is 0.799. The number of hydrogen-bond donors (Lipinski definition) is 2. The predicted octanol–water partition coefficient (Wildman–Crippen LogP) is 1.26. The van der Waals surface area contributed by atoms with Gasteiger partial charge in [0.25, 0.3) is 0 Å². The predicted molar refractivity (Wildman–Crippen MR) is 54.8 cm³/mol. The maximum absolute atomic E-state index is 5.47. The highest BCUT2D eigenvalue weighted by Gasteiger charge is 2.06. The topological polar surface area (TPSA) is 76.8 Å². The molecule has 0 spiro atoms. The highest BCUT2D eigenvalue weighted by atomic mass is 32.1. The van der Waals surface area contributed by atoms with Crippen molar-refractivity contribution in [1.29, 1.82) is 0 Å². The monoisotopic (exact) mass is 210 g/mol. The summed E-state index contributed by atoms with van der Waals surface area (Å²) in [6, 6.07) is 0. The Morgan fingerprint density at radius 3 is 3.14 bits per heavy atom. The van der Waals surface area contributed by atoms with Crippen molar-refractivity contribution in [3.05, 3.63) is 16.6 Å². The molecule has 2 rings (SSSR count). The SMILES string of the molecule is COCc1nc(-c2cnc(N)[nH]2)cs1. The molecule has 6 heteroatoms. The number of nitrogens with two attached hydrogens (primary N) is 1. The van der Waals surface area contributed by atoms with Crippen molar-refractivity contribution in [3.63, 3.8) is 0 Å². The van der Waals surface area contributed by atoms with E-state index in [0.29, 0.717) is 12.6 Å². The summed E-state index contributed by atoms with van der Waals surface area (Å²) in [4.78, 5) is 11.2. The average molecular weight is 210 g/mol. The van der Waals surface area contributed by atoms with Crippen LogP contribution in [0.4, 0.5) is 5.95 Å². The second-order valence-corrected chi connectivity index (χ2v) is 3.68. The summed E-state index contributed by atoms with van der Waals surface area (Å²) in [5.74, 6) is 0.404. The first kappa shape index (κ1) is 9.17. The van der Waals surface area contributed by atoms with E-state index in [4.69, 9.17) is 10.5 Å². The smallest absolute Gasteiger partial charge is 0.197 e. The van der Waals surface area contributed by atoms with Crippen LogP contribution in [0.3, 0.4) is 0 Å². The number of rotatable bonds is 3. The lowest BCUT2D eigenvalue weighted by molar-refractivity contribution is 0.184. The molecule has 5 nitrogen and oxygen atoms in total. The third kappa shape index (κ3) is 1.75. The number of nitrogens with one attached hydrogen (secondary N) is 1. The van der Waals surface area contributed by atoms with Crippen LogP contribution in [0.15, 0.2) is 11.6 Å². The van der Waals surface area contributed by atoms with Crippen molar-refractivity contribution in [3.8, 4) is 11.4 Å². The van der Waals surface area contributed by atoms with Gasteiger partial charge in [0.2, 0.25) is 0 Å². The van der Waals surface area contributed by atoms with Crippen LogP contribution in [0.5, 0.6) is 0 Å². The molecule has 0 radical (unpaired) electrons. The van der Waals surface area contributed by atoms with E-state index < -0.39 is 0 Å². The Labute approximate surface area is 85.0 Å². The second kappa shape index (κ2) is 3.77. The first-order valence-corrected chi connectivity index (χ1v) is 4.92. The first-order chi connectivity index (χ1) is 6.79. The molecule has 0 atom stereocenters. The van der Waals surface area contributed by atoms with Gasteiger partial charge < -0.3 is 15.5 Å². The van der Waals surface area contributed by atoms with Gasteiger partial charge in [-0.1, -0.05) is 0 Å². The van der Waals surface area contributed by atoms with E-state index in [1.807, 2.05) is 5.38 Å². The molecule has 2 aromatic rings. The van der Waals surface area contributed by atoms with Crippen molar-refractivity contribution >= 4 is 17.3 Å². The third-order valence-electron chi connectivity index (χ3n) is 1.69. The van der Waals surface area contributed by atoms with Crippen molar-refractivity contribution in [2.75, 3.05) is 12.8 Å². The third-order valence-corrected chi connectivity index (χ3v) is 2.51. The summed E-state index contributed by atoms with van der Waals surface area (Å²) in [6.45, 7) is 0.536. The molecule has 0 fully saturated rings. The number of anilines is 1. The Kier molecular flexibility index (Phi) is 2.47. The maximum atomic E-state index is 5.47. The lowest BCUT2D eigenvalue weighted by Gasteiger charge is -1.90. The number of nitrogen functional groups attached to an aromatic ring is 1. The summed E-state index contributed by atoms with van der Waals surface area (Å²) in [7, 11) is 1.65. The van der Waals surface area contributed by atoms with E-state index in [2.05, 4.69) is 15.0 Å². The average Bonchev–Trinajstić information content (AvgIpc) is 2.74. The molecule has 0 bridgehead atoms. The summed E-state index contributed by atoms with van der Waals surface area (Å²) in [5, 5.41) is 2.89. The van der Waals surface area contributed by atoms with Gasteiger partial charge in [-0.15, -0.1) is 11.3 Å². The lowest BCUT2D eigenvalue weighted by Crippen LogP contribution is -1.87. The van der Waals surface area contributed by atoms with Crippen LogP contribution in [0, 0.1) is 0 Å². The van der Waals surface area contributed by atoms with Crippen molar-refractivity contribution in [2.45, 2.75) is 6.61 Å². The zero-order valence-corrected chi connectivity index (χ0v) is 8.47. The summed E-state index contributed by atoms with van der Waals surface area (Å²) in [6.07, 6.45) is 1.67. The maximum Gasteiger partial charge on any atom is 0.197 e. The molecule has 0 amide bonds. The molecule has 2 heterocycles. The Bertz CT molecular complexity index is 422. The number of methoxy groups -OCH3 is 1. The van der Waals surface area contributed by atoms with Crippen LogP contribution in [0.1, 0.15) is 5.01 Å². The molecule has 3 N–H and O–H groups in total. The van der Waals surface area contributed by atoms with Crippen LogP contribution in [-0.4, -0.2) is 22.1 Å². The van der Waals surface area contributed by atoms with E-state index in [1.165, 1.54) is 0 Å². The molecule has 0 aliphatic carbocycles. The molecule has 0 saturated carbocycles. The second-order valence-electron chi connectivity index (χ2n) is 2.74. The van der Waals surface area contributed by atoms with E-state index in [0.717, 1.165) is 16.4 Å². The van der Waals surface area contributed by atoms with Gasteiger partial charge in [0.1, 0.15) is 5.01 Å². The number of ether oxygens (including phenoxy) is 1. The summed E-state index contributed by atoms with van der Waals surface area (Å²) < 4.78 is 4.98. The molecule has 2 aromatic heterocycles. The fourth-order valence-electron chi connectivity index (χ4n) is 1.09. The van der Waals surface area contributed by atoms with Crippen LogP contribution in [0.25, 0.3) is 11.4 Å². The molecular formula is C8H10N4OS. The number of hydrogen-bond acceptors (Lipinski definition) is 5. The normalized spacial score (nSPS) is 10.6. The fraction of sp³-hybridized carbons (Fsp3) is 0.250. The van der Waals surface area contributed by atoms with Gasteiger partial charge in [0.05, 0.1) is 24.2 Å². The van der Waals surface area contributed by atoms with Crippen molar-refractivity contribution in [2.24, 2.45) is 0 Å². The van der Waals surface area contributed by atoms with Gasteiger partial charge in [-0.05, 0) is 0 Å². The lowest BCUT2D eigenvalue weighted by atomic mass is 10.4. The van der Waals surface area contributed by atoms with Gasteiger partial charge in [0, 0.05) is 12.5 Å². The minimum absolute atomic E-state index is 0.404. The van der Waals surface area contributed by atoms with E-state index >= 15 is 0 Å². The van der Waals surface area contributed by atoms with Gasteiger partial charge in [-0.3, -0.25) is 0 Å². The minimum atomic E-state index is 0.404. The highest BCUT2D eigenvalue weighted by Crippen LogP contribution is 2.20. The van der Waals surface area contributed by atoms with Crippen LogP contribution >= 0.6 is 11.3 Å². The number of thiazole rings is 1. The number of imidazole rings is 1. The molecule has 0 aliphatic rings. The fourth-order valence-corrected chi connectivity index (χ4v) is 1.86. The molecule has 0 unspecified atom stereocenters. The van der Waals surface area contributed by atoms with E-state index in [1.54, 1.807) is 24.6 Å². The van der Waals surface area contributed by atoms with E-state index in [-0.39, 0.29) is 0 Å². The largest absolute Gasteiger partial charge is 0.378 e. The minimum Gasteiger partial charge on any atom is -0.378 e. The van der Waals surface area contributed by atoms with Gasteiger partial charge >= 0.3 is 0 Å². The standard InChI is InChI=1S/C8H10N4OS/c1-13-3-7-11-6(4-14-7)5-2-10-8(9)12-5/h2,4H,3H2,1H3,(H3,9,10,12). The number of aromatic nitrogens is 3. The Balaban J connectivity index is 2.24. The number of aromatic amines is 1. The Hall–Kier alpha value is -1.40. The highest BCUT2D eigenvalue weighted by molar-refractivity contribution is 7.09. The molecule has 0 aromatic carbocycles. The van der Waals surface area contributed by atoms with E-state index in [9.17, 15) is 0 Å². The zero-order valence-electron chi connectivity index (χ0n) is 7.65. The molecular weight excluding hydrogens is 200 g/mol. The molecule has 0 saturated heterocycles. The van der Waals surface area contributed by atoms with Crippen molar-refractivity contribution in [1.82, 2.24) is 15.0 Å². The summed E-state index contributed by atoms with van der Waals surface area (Å²) >= 11 is 1.55. The van der Waals surface area contributed by atoms with Gasteiger partial charge in [0.15, 0.2) is 5.95 Å². The van der Waals surface area contributed by atoms with Gasteiger partial charge in [-0.2, -0.15) is 0 Å². The van der Waals surface area contributed by atoms with Crippen LogP contribution in [-0.2, 0) is 11.3 Å². The number of nitrogens with zero attached hydrogens (tertiary/aromatic N) is 2. The molecule has 14 heavy (non-hydrogen) atoms. The number of H-pyrrole nitrogens is 1. The Morgan fingerprint density at radius 2 is 2.50 bits per heavy atom. The first-order valence-electron chi connectivity index (χ1n) is 4.04. The van der Waals surface area contributed by atoms with Gasteiger partial charge in [-0.25, -0.2) is 9.97 Å². The van der Waals surface area contributed by atoms with Crippen LogP contribution in [0.2, 0.25) is 0 Å².